The molecule has 0 unspecified atom stereocenters. The molecule has 0 bridgehead atoms. The maximum atomic E-state index is 12.9. The molecular formula is C18H8N2O2S. The first-order valence-corrected chi connectivity index (χ1v) is 7.85. The normalized spacial score (nSPS) is 13.4. The summed E-state index contributed by atoms with van der Waals surface area (Å²) in [7, 11) is 0. The predicted molar refractivity (Wildman–Crippen MR) is 88.2 cm³/mol. The molecule has 4 aromatic rings. The summed E-state index contributed by atoms with van der Waals surface area (Å²) >= 11 is 0.901. The van der Waals surface area contributed by atoms with Gasteiger partial charge in [0.25, 0.3) is 0 Å². The van der Waals surface area contributed by atoms with Crippen LogP contribution in [-0.2, 0) is 0 Å². The molecule has 23 heavy (non-hydrogen) atoms. The second kappa shape index (κ2) is 4.30. The standard InChI is InChI=1S/C18H8N2O2S/c21-17-12-8-7-10-6-5-9-3-1-2-4-11(9)13(10)14(12)18(22)16-15(17)19-23-20-16/h1-8H. The Morgan fingerprint density at radius 2 is 1.43 bits per heavy atom. The molecule has 0 fully saturated rings. The largest absolute Gasteiger partial charge is 0.287 e. The van der Waals surface area contributed by atoms with Crippen LogP contribution in [-0.4, -0.2) is 20.3 Å². The number of benzene rings is 3. The zero-order valence-electron chi connectivity index (χ0n) is 11.7. The zero-order valence-corrected chi connectivity index (χ0v) is 12.6. The van der Waals surface area contributed by atoms with E-state index in [1.807, 2.05) is 42.5 Å². The Morgan fingerprint density at radius 3 is 2.30 bits per heavy atom. The quantitative estimate of drug-likeness (QED) is 0.409. The van der Waals surface area contributed by atoms with Crippen molar-refractivity contribution < 1.29 is 9.59 Å². The molecule has 5 rings (SSSR count). The lowest BCUT2D eigenvalue weighted by Crippen LogP contribution is -2.21. The molecule has 0 saturated carbocycles. The average molecular weight is 316 g/mol. The molecule has 108 valence electrons. The Kier molecular flexibility index (Phi) is 2.36. The van der Waals surface area contributed by atoms with Crippen molar-refractivity contribution in [2.45, 2.75) is 0 Å². The summed E-state index contributed by atoms with van der Waals surface area (Å²) in [5.74, 6) is -0.441. The summed E-state index contributed by atoms with van der Waals surface area (Å²) in [4.78, 5) is 25.6. The van der Waals surface area contributed by atoms with Crippen molar-refractivity contribution in [3.63, 3.8) is 0 Å². The second-order valence-corrected chi connectivity index (χ2v) is 6.02. The van der Waals surface area contributed by atoms with E-state index in [4.69, 9.17) is 0 Å². The highest BCUT2D eigenvalue weighted by atomic mass is 32.1. The molecule has 1 aliphatic rings. The van der Waals surface area contributed by atoms with Gasteiger partial charge in [-0.1, -0.05) is 42.5 Å². The first-order chi connectivity index (χ1) is 11.3. The number of aromatic nitrogens is 2. The van der Waals surface area contributed by atoms with E-state index in [0.717, 1.165) is 33.3 Å². The third-order valence-electron chi connectivity index (χ3n) is 4.30. The maximum Gasteiger partial charge on any atom is 0.216 e. The molecule has 0 amide bonds. The van der Waals surface area contributed by atoms with Crippen molar-refractivity contribution in [3.8, 4) is 0 Å². The third-order valence-corrected chi connectivity index (χ3v) is 4.83. The molecule has 0 aliphatic heterocycles. The molecule has 4 nitrogen and oxygen atoms in total. The summed E-state index contributed by atoms with van der Waals surface area (Å²) in [6.07, 6.45) is 0. The van der Waals surface area contributed by atoms with E-state index in [0.29, 0.717) is 11.1 Å². The zero-order chi connectivity index (χ0) is 15.6. The van der Waals surface area contributed by atoms with E-state index in [1.54, 1.807) is 6.07 Å². The number of rotatable bonds is 0. The first kappa shape index (κ1) is 12.6. The summed E-state index contributed by atoms with van der Waals surface area (Å²) < 4.78 is 8.02. The van der Waals surface area contributed by atoms with Crippen LogP contribution in [0, 0.1) is 0 Å². The lowest BCUT2D eigenvalue weighted by atomic mass is 9.85. The number of carbonyl (C=O) groups excluding carboxylic acids is 2. The molecule has 1 aromatic heterocycles. The fourth-order valence-electron chi connectivity index (χ4n) is 3.25. The topological polar surface area (TPSA) is 59.9 Å². The van der Waals surface area contributed by atoms with Crippen LogP contribution in [0.15, 0.2) is 48.5 Å². The minimum absolute atomic E-state index is 0.173. The van der Waals surface area contributed by atoms with Gasteiger partial charge >= 0.3 is 0 Å². The van der Waals surface area contributed by atoms with Crippen molar-refractivity contribution in [1.82, 2.24) is 8.75 Å². The number of ketones is 2. The van der Waals surface area contributed by atoms with Crippen LogP contribution in [0.5, 0.6) is 0 Å². The van der Waals surface area contributed by atoms with Crippen LogP contribution in [0.3, 0.4) is 0 Å². The van der Waals surface area contributed by atoms with Crippen molar-refractivity contribution >= 4 is 44.8 Å². The molecule has 0 spiro atoms. The maximum absolute atomic E-state index is 12.9. The smallest absolute Gasteiger partial charge is 0.216 e. The molecular weight excluding hydrogens is 308 g/mol. The Labute approximate surface area is 134 Å². The SMILES string of the molecule is O=C1c2ccc3ccc4ccccc4c3c2C(=O)c2nsnc21. The fourth-order valence-corrected chi connectivity index (χ4v) is 3.80. The van der Waals surface area contributed by atoms with Gasteiger partial charge in [-0.15, -0.1) is 0 Å². The van der Waals surface area contributed by atoms with Gasteiger partial charge in [-0.05, 0) is 22.2 Å². The predicted octanol–water partition coefficient (Wildman–Crippen LogP) is 3.62. The van der Waals surface area contributed by atoms with E-state index in [1.165, 1.54) is 0 Å². The summed E-state index contributed by atoms with van der Waals surface area (Å²) in [6, 6.07) is 15.5. The summed E-state index contributed by atoms with van der Waals surface area (Å²) in [5.41, 5.74) is 1.21. The average Bonchev–Trinajstić information content (AvgIpc) is 3.09. The Bertz CT molecular complexity index is 1160. The Hall–Kier alpha value is -2.92. The van der Waals surface area contributed by atoms with Crippen molar-refractivity contribution in [1.29, 1.82) is 0 Å². The monoisotopic (exact) mass is 316 g/mol. The minimum Gasteiger partial charge on any atom is -0.287 e. The molecule has 3 aromatic carbocycles. The molecule has 1 heterocycles. The number of carbonyl (C=O) groups is 2. The van der Waals surface area contributed by atoms with Gasteiger partial charge in [-0.3, -0.25) is 9.59 Å². The van der Waals surface area contributed by atoms with Gasteiger partial charge < -0.3 is 0 Å². The van der Waals surface area contributed by atoms with Crippen LogP contribution in [0.1, 0.15) is 32.1 Å². The lowest BCUT2D eigenvalue weighted by Gasteiger charge is -2.16. The highest BCUT2D eigenvalue weighted by Gasteiger charge is 2.35. The van der Waals surface area contributed by atoms with Crippen LogP contribution in [0.25, 0.3) is 21.5 Å². The van der Waals surface area contributed by atoms with Crippen molar-refractivity contribution in [3.05, 3.63) is 71.0 Å². The summed E-state index contributed by atoms with van der Waals surface area (Å²) in [6.45, 7) is 0. The van der Waals surface area contributed by atoms with Gasteiger partial charge in [0.2, 0.25) is 11.6 Å². The van der Waals surface area contributed by atoms with Crippen molar-refractivity contribution in [2.75, 3.05) is 0 Å². The lowest BCUT2D eigenvalue weighted by molar-refractivity contribution is 0.0975. The first-order valence-electron chi connectivity index (χ1n) is 7.12. The number of nitrogens with zero attached hydrogens (tertiary/aromatic N) is 2. The van der Waals surface area contributed by atoms with Gasteiger partial charge in [-0.2, -0.15) is 8.75 Å². The van der Waals surface area contributed by atoms with E-state index in [9.17, 15) is 9.59 Å². The summed E-state index contributed by atoms with van der Waals surface area (Å²) in [5, 5.41) is 3.76. The second-order valence-electron chi connectivity index (χ2n) is 5.49. The molecule has 0 radical (unpaired) electrons. The van der Waals surface area contributed by atoms with Crippen molar-refractivity contribution in [2.24, 2.45) is 0 Å². The Morgan fingerprint density at radius 1 is 0.739 bits per heavy atom. The molecule has 1 aliphatic carbocycles. The molecule has 0 atom stereocenters. The Balaban J connectivity index is 2.01. The molecule has 0 saturated heterocycles. The third kappa shape index (κ3) is 1.54. The van der Waals surface area contributed by atoms with Gasteiger partial charge in [0.1, 0.15) is 0 Å². The van der Waals surface area contributed by atoms with Gasteiger partial charge in [-0.25, -0.2) is 0 Å². The fraction of sp³-hybridized carbons (Fsp3) is 0. The molecule has 5 heteroatoms. The van der Waals surface area contributed by atoms with Crippen LogP contribution < -0.4 is 0 Å². The number of hydrogen-bond acceptors (Lipinski definition) is 5. The van der Waals surface area contributed by atoms with Gasteiger partial charge in [0.05, 0.1) is 11.7 Å². The van der Waals surface area contributed by atoms with Crippen LogP contribution >= 0.6 is 11.7 Å². The minimum atomic E-state index is -0.224. The number of fused-ring (bicyclic) bond motifs is 6. The van der Waals surface area contributed by atoms with Gasteiger partial charge in [0.15, 0.2) is 11.4 Å². The molecule has 0 N–H and O–H groups in total. The number of hydrogen-bond donors (Lipinski definition) is 0. The highest BCUT2D eigenvalue weighted by molar-refractivity contribution is 6.99. The van der Waals surface area contributed by atoms with E-state index in [2.05, 4.69) is 8.75 Å². The van der Waals surface area contributed by atoms with E-state index >= 15 is 0 Å². The van der Waals surface area contributed by atoms with Crippen LogP contribution in [0.2, 0.25) is 0 Å². The van der Waals surface area contributed by atoms with Crippen LogP contribution in [0.4, 0.5) is 0 Å². The highest BCUT2D eigenvalue weighted by Crippen LogP contribution is 2.35. The van der Waals surface area contributed by atoms with E-state index in [-0.39, 0.29) is 23.0 Å². The van der Waals surface area contributed by atoms with E-state index < -0.39 is 0 Å². The van der Waals surface area contributed by atoms with Gasteiger partial charge in [0, 0.05) is 16.5 Å².